The zero-order valence-electron chi connectivity index (χ0n) is 15.0. The predicted octanol–water partition coefficient (Wildman–Crippen LogP) is 4.69. The van der Waals surface area contributed by atoms with Gasteiger partial charge in [0.05, 0.1) is 16.5 Å². The van der Waals surface area contributed by atoms with E-state index < -0.39 is 12.6 Å². The number of benzene rings is 1. The maximum Gasteiger partial charge on any atom is 0.390 e. The van der Waals surface area contributed by atoms with Gasteiger partial charge in [-0.2, -0.15) is 13.2 Å². The molecule has 1 heterocycles. The molecule has 154 valence electrons. The number of aliphatic imine (C=N–C) groups is 1. The molecule has 0 atom stereocenters. The molecular formula is C17H24Cl2F3IN4. The topological polar surface area (TPSA) is 39.7 Å². The Labute approximate surface area is 184 Å². The van der Waals surface area contributed by atoms with Crippen LogP contribution in [0.4, 0.5) is 13.2 Å². The lowest BCUT2D eigenvalue weighted by Crippen LogP contribution is -2.48. The zero-order valence-corrected chi connectivity index (χ0v) is 18.8. The molecule has 1 aliphatic rings. The van der Waals surface area contributed by atoms with Crippen molar-refractivity contribution in [1.29, 1.82) is 0 Å². The molecule has 1 aliphatic heterocycles. The molecule has 0 unspecified atom stereocenters. The maximum absolute atomic E-state index is 12.2. The third kappa shape index (κ3) is 9.06. The van der Waals surface area contributed by atoms with Gasteiger partial charge in [-0.3, -0.25) is 9.89 Å². The normalized spacial score (nSPS) is 16.7. The van der Waals surface area contributed by atoms with Gasteiger partial charge in [-0.1, -0.05) is 29.3 Å². The second-order valence-electron chi connectivity index (χ2n) is 6.31. The largest absolute Gasteiger partial charge is 0.390 e. The molecule has 27 heavy (non-hydrogen) atoms. The Balaban J connectivity index is 0.00000364. The summed E-state index contributed by atoms with van der Waals surface area (Å²) in [6, 6.07) is 5.83. The highest BCUT2D eigenvalue weighted by atomic mass is 127. The number of nitrogens with one attached hydrogen (secondary N) is 2. The Bertz CT molecular complexity index is 621. The number of nitrogens with zero attached hydrogens (tertiary/aromatic N) is 2. The number of likely N-dealkylation sites (tertiary alicyclic amines) is 1. The summed E-state index contributed by atoms with van der Waals surface area (Å²) in [5.41, 5.74) is 1.11. The number of hydrogen-bond acceptors (Lipinski definition) is 2. The second-order valence-corrected chi connectivity index (χ2v) is 7.12. The van der Waals surface area contributed by atoms with E-state index in [1.807, 2.05) is 12.1 Å². The van der Waals surface area contributed by atoms with Crippen molar-refractivity contribution in [3.05, 3.63) is 33.8 Å². The fourth-order valence-corrected chi connectivity index (χ4v) is 3.16. The van der Waals surface area contributed by atoms with Crippen LogP contribution in [-0.2, 0) is 6.54 Å². The lowest BCUT2D eigenvalue weighted by molar-refractivity contribution is -0.132. The van der Waals surface area contributed by atoms with Crippen molar-refractivity contribution in [1.82, 2.24) is 15.5 Å². The van der Waals surface area contributed by atoms with E-state index in [9.17, 15) is 13.2 Å². The highest BCUT2D eigenvalue weighted by Crippen LogP contribution is 2.24. The van der Waals surface area contributed by atoms with Crippen molar-refractivity contribution in [2.24, 2.45) is 4.99 Å². The molecule has 1 aromatic rings. The summed E-state index contributed by atoms with van der Waals surface area (Å²) >= 11 is 12.0. The number of guanidine groups is 1. The van der Waals surface area contributed by atoms with E-state index in [-0.39, 0.29) is 36.6 Å². The van der Waals surface area contributed by atoms with Crippen LogP contribution in [0.1, 0.15) is 24.8 Å². The first-order valence-electron chi connectivity index (χ1n) is 8.47. The molecule has 0 saturated carbocycles. The summed E-state index contributed by atoms with van der Waals surface area (Å²) in [5.74, 6) is 0.414. The molecule has 4 nitrogen and oxygen atoms in total. The van der Waals surface area contributed by atoms with E-state index in [0.29, 0.717) is 16.0 Å². The average molecular weight is 539 g/mol. The smallest absolute Gasteiger partial charge is 0.356 e. The number of hydrogen-bond donors (Lipinski definition) is 2. The van der Waals surface area contributed by atoms with Gasteiger partial charge in [0.1, 0.15) is 0 Å². The van der Waals surface area contributed by atoms with E-state index in [4.69, 9.17) is 23.2 Å². The molecule has 0 radical (unpaired) electrons. The Morgan fingerprint density at radius 2 is 1.89 bits per heavy atom. The first-order valence-corrected chi connectivity index (χ1v) is 9.22. The Morgan fingerprint density at radius 3 is 2.44 bits per heavy atom. The third-order valence-corrected chi connectivity index (χ3v) is 4.98. The maximum atomic E-state index is 12.2. The van der Waals surface area contributed by atoms with Crippen molar-refractivity contribution < 1.29 is 13.2 Å². The van der Waals surface area contributed by atoms with Gasteiger partial charge in [0.25, 0.3) is 0 Å². The number of halogens is 6. The van der Waals surface area contributed by atoms with Crippen LogP contribution in [0.5, 0.6) is 0 Å². The quantitative estimate of drug-likeness (QED) is 0.324. The van der Waals surface area contributed by atoms with E-state index in [1.54, 1.807) is 13.1 Å². The Morgan fingerprint density at radius 1 is 1.22 bits per heavy atom. The van der Waals surface area contributed by atoms with E-state index in [1.165, 1.54) is 0 Å². The van der Waals surface area contributed by atoms with Gasteiger partial charge in [0.15, 0.2) is 5.96 Å². The van der Waals surface area contributed by atoms with Crippen LogP contribution in [-0.4, -0.2) is 49.8 Å². The molecule has 1 saturated heterocycles. The molecule has 1 aromatic carbocycles. The fraction of sp³-hybridized carbons (Fsp3) is 0.588. The summed E-state index contributed by atoms with van der Waals surface area (Å²) in [6.07, 6.45) is -3.26. The molecule has 10 heteroatoms. The van der Waals surface area contributed by atoms with Crippen molar-refractivity contribution >= 4 is 53.1 Å². The summed E-state index contributed by atoms with van der Waals surface area (Å²) in [5, 5.41) is 7.01. The van der Waals surface area contributed by atoms with Gasteiger partial charge in [-0.05, 0) is 30.5 Å². The molecule has 2 rings (SSSR count). The van der Waals surface area contributed by atoms with Crippen LogP contribution in [0, 0.1) is 0 Å². The number of rotatable bonds is 5. The van der Waals surface area contributed by atoms with E-state index in [0.717, 1.165) is 38.0 Å². The lowest BCUT2D eigenvalue weighted by Gasteiger charge is -2.33. The van der Waals surface area contributed by atoms with Gasteiger partial charge in [-0.25, -0.2) is 0 Å². The molecular weight excluding hydrogens is 515 g/mol. The summed E-state index contributed by atoms with van der Waals surface area (Å²) in [7, 11) is 1.56. The van der Waals surface area contributed by atoms with Crippen molar-refractivity contribution in [2.45, 2.75) is 38.0 Å². The van der Waals surface area contributed by atoms with E-state index in [2.05, 4.69) is 20.5 Å². The zero-order chi connectivity index (χ0) is 19.2. The van der Waals surface area contributed by atoms with Gasteiger partial charge in [0, 0.05) is 39.3 Å². The summed E-state index contributed by atoms with van der Waals surface area (Å²) in [4.78, 5) is 6.31. The van der Waals surface area contributed by atoms with Crippen LogP contribution in [0.2, 0.25) is 10.0 Å². The molecule has 0 amide bonds. The standard InChI is InChI=1S/C17H23Cl2F3N4.HI/c1-23-16(24-7-6-17(20,21)22)25-13-4-8-26(9-5-13)11-12-2-3-14(18)15(19)10-12;/h2-3,10,13H,4-9,11H2,1H3,(H2,23,24,25);1H. The average Bonchev–Trinajstić information content (AvgIpc) is 2.58. The first-order chi connectivity index (χ1) is 12.3. The molecule has 1 fully saturated rings. The Kier molecular flexibility index (Phi) is 10.5. The van der Waals surface area contributed by atoms with Gasteiger partial charge in [-0.15, -0.1) is 24.0 Å². The van der Waals surface area contributed by atoms with Crippen LogP contribution in [0.3, 0.4) is 0 Å². The van der Waals surface area contributed by atoms with Crippen LogP contribution in [0.15, 0.2) is 23.2 Å². The lowest BCUT2D eigenvalue weighted by atomic mass is 10.0. The minimum atomic E-state index is -4.16. The predicted molar refractivity (Wildman–Crippen MR) is 115 cm³/mol. The van der Waals surface area contributed by atoms with Crippen molar-refractivity contribution in [2.75, 3.05) is 26.7 Å². The van der Waals surface area contributed by atoms with Crippen LogP contribution >= 0.6 is 47.2 Å². The highest BCUT2D eigenvalue weighted by Gasteiger charge is 2.26. The molecule has 0 aromatic heterocycles. The van der Waals surface area contributed by atoms with Crippen molar-refractivity contribution in [3.8, 4) is 0 Å². The van der Waals surface area contributed by atoms with Gasteiger partial charge in [0.2, 0.25) is 0 Å². The molecule has 0 spiro atoms. The molecule has 2 N–H and O–H groups in total. The van der Waals surface area contributed by atoms with Crippen LogP contribution in [0.25, 0.3) is 0 Å². The van der Waals surface area contributed by atoms with Gasteiger partial charge >= 0.3 is 6.18 Å². The third-order valence-electron chi connectivity index (χ3n) is 4.24. The second kappa shape index (κ2) is 11.5. The van der Waals surface area contributed by atoms with E-state index >= 15 is 0 Å². The minimum Gasteiger partial charge on any atom is -0.356 e. The van der Waals surface area contributed by atoms with Crippen LogP contribution < -0.4 is 10.6 Å². The number of piperidine rings is 1. The van der Waals surface area contributed by atoms with Gasteiger partial charge < -0.3 is 10.6 Å². The SMILES string of the molecule is CN=C(NCCC(F)(F)F)NC1CCN(Cc2ccc(Cl)c(Cl)c2)CC1.I. The minimum absolute atomic E-state index is 0. The molecule has 0 bridgehead atoms. The Hall–Kier alpha value is -0.450. The molecule has 0 aliphatic carbocycles. The first kappa shape index (κ1) is 24.6. The highest BCUT2D eigenvalue weighted by molar-refractivity contribution is 14.0. The fourth-order valence-electron chi connectivity index (χ4n) is 2.84. The summed E-state index contributed by atoms with van der Waals surface area (Å²) < 4.78 is 36.6. The van der Waals surface area contributed by atoms with Crippen molar-refractivity contribution in [3.63, 3.8) is 0 Å². The summed E-state index contributed by atoms with van der Waals surface area (Å²) in [6.45, 7) is 2.39. The number of alkyl halides is 3. The monoisotopic (exact) mass is 538 g/mol.